The maximum absolute atomic E-state index is 12.6. The summed E-state index contributed by atoms with van der Waals surface area (Å²) in [4.78, 5) is 3.88. The largest absolute Gasteiger partial charge is 0.507 e. The first kappa shape index (κ1) is 15.7. The highest BCUT2D eigenvalue weighted by atomic mass is 35.5. The number of benzene rings is 2. The van der Waals surface area contributed by atoms with Crippen molar-refractivity contribution in [2.45, 2.75) is 6.18 Å². The van der Waals surface area contributed by atoms with Crippen molar-refractivity contribution in [3.8, 4) is 5.75 Å². The Labute approximate surface area is 128 Å². The molecule has 7 heteroatoms. The van der Waals surface area contributed by atoms with Gasteiger partial charge in [0.1, 0.15) is 5.75 Å². The second kappa shape index (κ2) is 5.95. The van der Waals surface area contributed by atoms with Gasteiger partial charge in [-0.25, -0.2) is 0 Å². The summed E-state index contributed by atoms with van der Waals surface area (Å²) in [6.07, 6.45) is -3.28. The predicted molar refractivity (Wildman–Crippen MR) is 76.8 cm³/mol. The second-order valence-corrected chi connectivity index (χ2v) is 4.97. The third-order valence-corrected chi connectivity index (χ3v) is 3.16. The van der Waals surface area contributed by atoms with Crippen LogP contribution in [0.5, 0.6) is 5.75 Å². The second-order valence-electron chi connectivity index (χ2n) is 4.13. The van der Waals surface area contributed by atoms with E-state index in [4.69, 9.17) is 23.2 Å². The van der Waals surface area contributed by atoms with E-state index in [1.54, 1.807) is 0 Å². The molecular formula is C14H8Cl2F3NO. The Bertz CT molecular complexity index is 699. The minimum atomic E-state index is -4.48. The van der Waals surface area contributed by atoms with E-state index in [0.29, 0.717) is 5.02 Å². The summed E-state index contributed by atoms with van der Waals surface area (Å²) in [5.41, 5.74) is -0.629. The van der Waals surface area contributed by atoms with Crippen LogP contribution in [0.4, 0.5) is 18.9 Å². The number of rotatable bonds is 2. The van der Waals surface area contributed by atoms with Crippen molar-refractivity contribution in [1.29, 1.82) is 0 Å². The smallest absolute Gasteiger partial charge is 0.416 e. The first-order valence-electron chi connectivity index (χ1n) is 5.67. The van der Waals surface area contributed by atoms with Gasteiger partial charge in [-0.2, -0.15) is 13.2 Å². The lowest BCUT2D eigenvalue weighted by Crippen LogP contribution is -2.04. The molecule has 2 aromatic carbocycles. The van der Waals surface area contributed by atoms with Gasteiger partial charge in [-0.3, -0.25) is 4.99 Å². The van der Waals surface area contributed by atoms with Gasteiger partial charge >= 0.3 is 6.18 Å². The van der Waals surface area contributed by atoms with Gasteiger partial charge in [0.05, 0.1) is 16.3 Å². The molecule has 0 saturated carbocycles. The molecule has 0 amide bonds. The summed E-state index contributed by atoms with van der Waals surface area (Å²) in [5, 5.41) is 10.0. The summed E-state index contributed by atoms with van der Waals surface area (Å²) in [7, 11) is 0. The third-order valence-electron chi connectivity index (χ3n) is 2.61. The standard InChI is InChI=1S/C14H8Cl2F3NO/c15-10-2-4-13(21)8(5-10)7-20-12-6-9(14(17,18)19)1-3-11(12)16/h1-7,21H/b20-7+. The van der Waals surface area contributed by atoms with E-state index in [-0.39, 0.29) is 22.0 Å². The van der Waals surface area contributed by atoms with Crippen LogP contribution in [0.2, 0.25) is 10.0 Å². The number of aliphatic imine (C=N–C) groups is 1. The zero-order valence-electron chi connectivity index (χ0n) is 10.3. The molecule has 0 unspecified atom stereocenters. The Hall–Kier alpha value is -1.72. The minimum Gasteiger partial charge on any atom is -0.507 e. The predicted octanol–water partition coefficient (Wildman–Crippen LogP) is 5.47. The van der Waals surface area contributed by atoms with Crippen molar-refractivity contribution in [3.05, 3.63) is 57.6 Å². The van der Waals surface area contributed by atoms with Crippen molar-refractivity contribution in [2.75, 3.05) is 0 Å². The van der Waals surface area contributed by atoms with Gasteiger partial charge < -0.3 is 5.11 Å². The van der Waals surface area contributed by atoms with Crippen LogP contribution in [0, 0.1) is 0 Å². The van der Waals surface area contributed by atoms with Gasteiger partial charge in [0, 0.05) is 16.8 Å². The normalized spacial score (nSPS) is 12.0. The van der Waals surface area contributed by atoms with Gasteiger partial charge in [-0.15, -0.1) is 0 Å². The summed E-state index contributed by atoms with van der Waals surface area (Å²) in [6.45, 7) is 0. The van der Waals surface area contributed by atoms with Crippen molar-refractivity contribution >= 4 is 35.1 Å². The number of halogens is 5. The van der Waals surface area contributed by atoms with Crippen LogP contribution in [0.1, 0.15) is 11.1 Å². The minimum absolute atomic E-state index is 0.0501. The highest BCUT2D eigenvalue weighted by molar-refractivity contribution is 6.33. The molecule has 0 aliphatic rings. The molecule has 0 atom stereocenters. The molecule has 2 rings (SSSR count). The molecule has 0 saturated heterocycles. The summed E-state index contributed by atoms with van der Waals surface area (Å²) < 4.78 is 37.9. The van der Waals surface area contributed by atoms with E-state index in [9.17, 15) is 18.3 Å². The SMILES string of the molecule is Oc1ccc(Cl)cc1/C=N/c1cc(C(F)(F)F)ccc1Cl. The maximum Gasteiger partial charge on any atom is 0.416 e. The van der Waals surface area contributed by atoms with Gasteiger partial charge in [-0.05, 0) is 36.4 Å². The summed E-state index contributed by atoms with van der Waals surface area (Å²) in [5.74, 6) is -0.0914. The molecule has 0 aromatic heterocycles. The fraction of sp³-hybridized carbons (Fsp3) is 0.0714. The molecule has 0 bridgehead atoms. The number of nitrogens with zero attached hydrogens (tertiary/aromatic N) is 1. The highest BCUT2D eigenvalue weighted by Crippen LogP contribution is 2.35. The molecule has 2 nitrogen and oxygen atoms in total. The Balaban J connectivity index is 2.39. The fourth-order valence-corrected chi connectivity index (χ4v) is 1.90. The Kier molecular flexibility index (Phi) is 4.44. The lowest BCUT2D eigenvalue weighted by molar-refractivity contribution is -0.137. The summed E-state index contributed by atoms with van der Waals surface area (Å²) >= 11 is 11.6. The van der Waals surface area contributed by atoms with Crippen LogP contribution < -0.4 is 0 Å². The van der Waals surface area contributed by atoms with Crippen LogP contribution in [-0.4, -0.2) is 11.3 Å². The van der Waals surface area contributed by atoms with Gasteiger partial charge in [0.15, 0.2) is 0 Å². The molecule has 0 heterocycles. The topological polar surface area (TPSA) is 32.6 Å². The average molecular weight is 334 g/mol. The molecule has 0 aliphatic heterocycles. The lowest BCUT2D eigenvalue weighted by atomic mass is 10.2. The van der Waals surface area contributed by atoms with Crippen LogP contribution in [0.3, 0.4) is 0 Å². The Morgan fingerprint density at radius 1 is 1.05 bits per heavy atom. The molecule has 110 valence electrons. The molecule has 21 heavy (non-hydrogen) atoms. The van der Waals surface area contributed by atoms with E-state index in [1.165, 1.54) is 24.4 Å². The number of hydrogen-bond acceptors (Lipinski definition) is 2. The van der Waals surface area contributed by atoms with Crippen molar-refractivity contribution in [1.82, 2.24) is 0 Å². The van der Waals surface area contributed by atoms with Crippen LogP contribution in [0.15, 0.2) is 41.4 Å². The average Bonchev–Trinajstić information content (AvgIpc) is 2.40. The van der Waals surface area contributed by atoms with Gasteiger partial charge in [0.25, 0.3) is 0 Å². The quantitative estimate of drug-likeness (QED) is 0.726. The molecule has 0 spiro atoms. The first-order valence-corrected chi connectivity index (χ1v) is 6.42. The highest BCUT2D eigenvalue weighted by Gasteiger charge is 2.30. The van der Waals surface area contributed by atoms with E-state index >= 15 is 0 Å². The zero-order valence-corrected chi connectivity index (χ0v) is 11.8. The van der Waals surface area contributed by atoms with E-state index in [0.717, 1.165) is 18.2 Å². The van der Waals surface area contributed by atoms with Gasteiger partial charge in [0.2, 0.25) is 0 Å². The Morgan fingerprint density at radius 3 is 2.43 bits per heavy atom. The van der Waals surface area contributed by atoms with Crippen molar-refractivity contribution in [2.24, 2.45) is 4.99 Å². The number of phenolic OH excluding ortho intramolecular Hbond substituents is 1. The molecule has 2 aromatic rings. The van der Waals surface area contributed by atoms with Crippen LogP contribution >= 0.6 is 23.2 Å². The summed E-state index contributed by atoms with van der Waals surface area (Å²) in [6, 6.07) is 7.10. The monoisotopic (exact) mass is 333 g/mol. The molecular weight excluding hydrogens is 326 g/mol. The number of alkyl halides is 3. The van der Waals surface area contributed by atoms with E-state index in [2.05, 4.69) is 4.99 Å². The molecule has 1 N–H and O–H groups in total. The van der Waals surface area contributed by atoms with Gasteiger partial charge in [-0.1, -0.05) is 23.2 Å². The first-order chi connectivity index (χ1) is 9.77. The van der Waals surface area contributed by atoms with Crippen LogP contribution in [0.25, 0.3) is 0 Å². The van der Waals surface area contributed by atoms with E-state index in [1.807, 2.05) is 0 Å². The zero-order chi connectivity index (χ0) is 15.6. The molecule has 0 aliphatic carbocycles. The van der Waals surface area contributed by atoms with Crippen LogP contribution in [-0.2, 0) is 6.18 Å². The number of phenols is 1. The molecule has 0 radical (unpaired) electrons. The lowest BCUT2D eigenvalue weighted by Gasteiger charge is -2.08. The number of aromatic hydroxyl groups is 1. The maximum atomic E-state index is 12.6. The fourth-order valence-electron chi connectivity index (χ4n) is 1.56. The van der Waals surface area contributed by atoms with E-state index < -0.39 is 11.7 Å². The van der Waals surface area contributed by atoms with Crippen molar-refractivity contribution in [3.63, 3.8) is 0 Å². The van der Waals surface area contributed by atoms with Crippen molar-refractivity contribution < 1.29 is 18.3 Å². The number of hydrogen-bond donors (Lipinski definition) is 1. The Morgan fingerprint density at radius 2 is 1.76 bits per heavy atom. The molecule has 0 fully saturated rings. The third kappa shape index (κ3) is 3.89.